The molecule has 0 spiro atoms. The largest absolute Gasteiger partial charge is 0.506 e. The molecule has 1 aromatic rings. The van der Waals surface area contributed by atoms with E-state index in [4.69, 9.17) is 5.11 Å². The van der Waals surface area contributed by atoms with Crippen LogP contribution in [-0.4, -0.2) is 47.9 Å². The maximum atomic E-state index is 12.5. The average Bonchev–Trinajstić information content (AvgIpc) is 3.03. The molecule has 1 unspecified atom stereocenters. The minimum atomic E-state index is -3.70. The van der Waals surface area contributed by atoms with Crippen molar-refractivity contribution in [3.8, 4) is 5.75 Å². The zero-order chi connectivity index (χ0) is 17.2. The van der Waals surface area contributed by atoms with Crippen LogP contribution in [0.3, 0.4) is 0 Å². The van der Waals surface area contributed by atoms with Gasteiger partial charge in [0.2, 0.25) is 15.9 Å². The number of carboxylic acid groups (broad SMARTS) is 1. The molecule has 0 bridgehead atoms. The highest BCUT2D eigenvalue weighted by Crippen LogP contribution is 2.29. The van der Waals surface area contributed by atoms with Gasteiger partial charge >= 0.3 is 5.97 Å². The third-order valence-corrected chi connectivity index (χ3v) is 5.59. The number of benzene rings is 1. The number of amides is 1. The van der Waals surface area contributed by atoms with E-state index in [2.05, 4.69) is 5.32 Å². The van der Waals surface area contributed by atoms with Crippen LogP contribution in [0.25, 0.3) is 0 Å². The fraction of sp³-hybridized carbons (Fsp3) is 0.429. The van der Waals surface area contributed by atoms with Gasteiger partial charge in [0.15, 0.2) is 0 Å². The molecular formula is C14H18N2O6S. The second kappa shape index (κ2) is 6.55. The van der Waals surface area contributed by atoms with Crippen molar-refractivity contribution >= 4 is 27.6 Å². The summed E-state index contributed by atoms with van der Waals surface area (Å²) in [6.07, 6.45) is 1.58. The van der Waals surface area contributed by atoms with Crippen LogP contribution in [0.15, 0.2) is 23.1 Å². The molecule has 1 atom stereocenters. The van der Waals surface area contributed by atoms with E-state index >= 15 is 0 Å². The Morgan fingerprint density at radius 3 is 2.43 bits per heavy atom. The van der Waals surface area contributed by atoms with Crippen LogP contribution in [0.4, 0.5) is 5.69 Å². The number of aliphatic carboxylic acids is 1. The molecule has 1 aliphatic heterocycles. The maximum absolute atomic E-state index is 12.5. The number of carbonyl (C=O) groups excluding carboxylic acids is 1. The number of phenolic OH excluding ortho intramolecular Hbond substituents is 1. The summed E-state index contributed by atoms with van der Waals surface area (Å²) in [6, 6.07) is 3.54. The molecule has 9 heteroatoms. The SMILES string of the molecule is CC(C(=O)O)C(=O)Nc1cc(S(=O)(=O)N2CCCC2)ccc1O. The number of rotatable bonds is 5. The normalized spacial score (nSPS) is 16.9. The van der Waals surface area contributed by atoms with Gasteiger partial charge in [-0.3, -0.25) is 9.59 Å². The Kier molecular flexibility index (Phi) is 4.90. The van der Waals surface area contributed by atoms with E-state index in [1.807, 2.05) is 0 Å². The van der Waals surface area contributed by atoms with E-state index in [1.54, 1.807) is 0 Å². The van der Waals surface area contributed by atoms with Gasteiger partial charge in [-0.05, 0) is 38.0 Å². The van der Waals surface area contributed by atoms with E-state index in [0.29, 0.717) is 13.1 Å². The zero-order valence-electron chi connectivity index (χ0n) is 12.5. The summed E-state index contributed by atoms with van der Waals surface area (Å²) < 4.78 is 26.3. The molecule has 0 saturated carbocycles. The van der Waals surface area contributed by atoms with Gasteiger partial charge in [-0.1, -0.05) is 0 Å². The Hall–Kier alpha value is -2.13. The Balaban J connectivity index is 2.29. The smallest absolute Gasteiger partial charge is 0.315 e. The molecule has 3 N–H and O–H groups in total. The molecule has 8 nitrogen and oxygen atoms in total. The number of aromatic hydroxyl groups is 1. The van der Waals surface area contributed by atoms with Gasteiger partial charge in [0, 0.05) is 13.1 Å². The summed E-state index contributed by atoms with van der Waals surface area (Å²) in [4.78, 5) is 22.5. The maximum Gasteiger partial charge on any atom is 0.315 e. The van der Waals surface area contributed by atoms with E-state index in [1.165, 1.54) is 17.3 Å². The van der Waals surface area contributed by atoms with Crippen LogP contribution in [0, 0.1) is 5.92 Å². The molecule has 0 aliphatic carbocycles. The molecule has 0 aromatic heterocycles. The number of nitrogens with one attached hydrogen (secondary N) is 1. The summed E-state index contributed by atoms with van der Waals surface area (Å²) in [5.74, 6) is -3.82. The first-order valence-electron chi connectivity index (χ1n) is 7.10. The van der Waals surface area contributed by atoms with Gasteiger partial charge in [-0.2, -0.15) is 4.31 Å². The average molecular weight is 342 g/mol. The van der Waals surface area contributed by atoms with Gasteiger partial charge in [0.1, 0.15) is 11.7 Å². The van der Waals surface area contributed by atoms with Crippen LogP contribution >= 0.6 is 0 Å². The second-order valence-corrected chi connectivity index (χ2v) is 7.28. The summed E-state index contributed by atoms with van der Waals surface area (Å²) in [7, 11) is -3.70. The third-order valence-electron chi connectivity index (χ3n) is 3.69. The first-order valence-corrected chi connectivity index (χ1v) is 8.54. The van der Waals surface area contributed by atoms with Crippen molar-refractivity contribution in [1.82, 2.24) is 4.31 Å². The molecule has 0 radical (unpaired) electrons. The standard InChI is InChI=1S/C14H18N2O6S/c1-9(14(19)20)13(18)15-11-8-10(4-5-12(11)17)23(21,22)16-6-2-3-7-16/h4-5,8-9,17H,2-3,6-7H2,1H3,(H,15,18)(H,19,20). The first kappa shape index (κ1) is 17.2. The highest BCUT2D eigenvalue weighted by molar-refractivity contribution is 7.89. The quantitative estimate of drug-likeness (QED) is 0.538. The topological polar surface area (TPSA) is 124 Å². The number of carboxylic acids is 1. The van der Waals surface area contributed by atoms with Crippen molar-refractivity contribution in [2.24, 2.45) is 5.92 Å². The lowest BCUT2D eigenvalue weighted by molar-refractivity contribution is -0.144. The highest BCUT2D eigenvalue weighted by atomic mass is 32.2. The minimum Gasteiger partial charge on any atom is -0.506 e. The molecular weight excluding hydrogens is 324 g/mol. The zero-order valence-corrected chi connectivity index (χ0v) is 13.3. The number of phenols is 1. The molecule has 126 valence electrons. The lowest BCUT2D eigenvalue weighted by Crippen LogP contribution is -2.28. The summed E-state index contributed by atoms with van der Waals surface area (Å²) in [6.45, 7) is 2.06. The molecule has 1 amide bonds. The second-order valence-electron chi connectivity index (χ2n) is 5.34. The lowest BCUT2D eigenvalue weighted by atomic mass is 10.1. The number of sulfonamides is 1. The van der Waals surface area contributed by atoms with Crippen LogP contribution in [0.2, 0.25) is 0 Å². The van der Waals surface area contributed by atoms with Crippen LogP contribution in [0.1, 0.15) is 19.8 Å². The van der Waals surface area contributed by atoms with E-state index in [9.17, 15) is 23.1 Å². The van der Waals surface area contributed by atoms with Gasteiger partial charge in [-0.15, -0.1) is 0 Å². The lowest BCUT2D eigenvalue weighted by Gasteiger charge is -2.17. The fourth-order valence-electron chi connectivity index (χ4n) is 2.21. The van der Waals surface area contributed by atoms with E-state index in [0.717, 1.165) is 25.0 Å². The Labute approximate surface area is 133 Å². The molecule has 1 aromatic carbocycles. The van der Waals surface area contributed by atoms with Crippen molar-refractivity contribution in [3.05, 3.63) is 18.2 Å². The third kappa shape index (κ3) is 3.62. The molecule has 1 fully saturated rings. The van der Waals surface area contributed by atoms with Gasteiger partial charge in [-0.25, -0.2) is 8.42 Å². The summed E-state index contributed by atoms with van der Waals surface area (Å²) >= 11 is 0. The monoisotopic (exact) mass is 342 g/mol. The van der Waals surface area contributed by atoms with Crippen molar-refractivity contribution in [2.45, 2.75) is 24.7 Å². The highest BCUT2D eigenvalue weighted by Gasteiger charge is 2.28. The predicted molar refractivity (Wildman–Crippen MR) is 81.5 cm³/mol. The van der Waals surface area contributed by atoms with Crippen LogP contribution in [0.5, 0.6) is 5.75 Å². The van der Waals surface area contributed by atoms with E-state index in [-0.39, 0.29) is 16.3 Å². The molecule has 23 heavy (non-hydrogen) atoms. The Morgan fingerprint density at radius 2 is 1.87 bits per heavy atom. The van der Waals surface area contributed by atoms with Gasteiger partial charge < -0.3 is 15.5 Å². The number of anilines is 1. The Bertz CT molecular complexity index is 725. The molecule has 1 aliphatic rings. The first-order chi connectivity index (χ1) is 10.7. The number of nitrogens with zero attached hydrogens (tertiary/aromatic N) is 1. The molecule has 1 heterocycles. The Morgan fingerprint density at radius 1 is 1.26 bits per heavy atom. The summed E-state index contributed by atoms with van der Waals surface area (Å²) in [5.41, 5.74) is -0.136. The van der Waals surface area contributed by atoms with Crippen molar-refractivity contribution < 1.29 is 28.2 Å². The van der Waals surface area contributed by atoms with Gasteiger partial charge in [0.05, 0.1) is 10.6 Å². The van der Waals surface area contributed by atoms with Crippen LogP contribution < -0.4 is 5.32 Å². The number of hydrogen-bond acceptors (Lipinski definition) is 5. The minimum absolute atomic E-state index is 0.0597. The van der Waals surface area contributed by atoms with Crippen LogP contribution in [-0.2, 0) is 19.6 Å². The van der Waals surface area contributed by atoms with Gasteiger partial charge in [0.25, 0.3) is 0 Å². The molecule has 1 saturated heterocycles. The summed E-state index contributed by atoms with van der Waals surface area (Å²) in [5, 5.41) is 20.8. The molecule has 2 rings (SSSR count). The number of hydrogen-bond donors (Lipinski definition) is 3. The van der Waals surface area contributed by atoms with Crippen molar-refractivity contribution in [3.63, 3.8) is 0 Å². The van der Waals surface area contributed by atoms with E-state index < -0.39 is 27.8 Å². The number of carbonyl (C=O) groups is 2. The van der Waals surface area contributed by atoms with Crippen molar-refractivity contribution in [2.75, 3.05) is 18.4 Å². The van der Waals surface area contributed by atoms with Crippen molar-refractivity contribution in [1.29, 1.82) is 0 Å². The predicted octanol–water partition coefficient (Wildman–Crippen LogP) is 0.836. The fourth-order valence-corrected chi connectivity index (χ4v) is 3.75.